The van der Waals surface area contributed by atoms with E-state index in [2.05, 4.69) is 20.7 Å². The predicted octanol–water partition coefficient (Wildman–Crippen LogP) is -1.74. The van der Waals surface area contributed by atoms with E-state index in [1.807, 2.05) is 0 Å². The zero-order chi connectivity index (χ0) is 12.3. The molecule has 2 rings (SSSR count). The lowest BCUT2D eigenvalue weighted by molar-refractivity contribution is -0.126. The molecular weight excluding hydrogens is 224 g/mol. The van der Waals surface area contributed by atoms with Crippen LogP contribution in [-0.2, 0) is 16.1 Å². The van der Waals surface area contributed by atoms with Crippen molar-refractivity contribution in [1.29, 1.82) is 0 Å². The van der Waals surface area contributed by atoms with Crippen LogP contribution in [0, 0.1) is 0 Å². The molecule has 0 unspecified atom stereocenters. The molecule has 0 atom stereocenters. The molecule has 1 aromatic rings. The Morgan fingerprint density at radius 1 is 1.47 bits per heavy atom. The fraction of sp³-hybridized carbons (Fsp3) is 0.556. The number of carbonyl (C=O) groups excluding carboxylic acids is 2. The number of nitrogens with two attached hydrogens (primary N) is 1. The highest BCUT2D eigenvalue weighted by molar-refractivity contribution is 5.84. The first-order valence-electron chi connectivity index (χ1n) is 5.34. The summed E-state index contributed by atoms with van der Waals surface area (Å²) in [7, 11) is 0. The van der Waals surface area contributed by atoms with E-state index in [9.17, 15) is 9.59 Å². The van der Waals surface area contributed by atoms with Crippen LogP contribution in [0.2, 0.25) is 0 Å². The van der Waals surface area contributed by atoms with Crippen LogP contribution in [-0.4, -0.2) is 39.2 Å². The van der Waals surface area contributed by atoms with E-state index in [0.717, 1.165) is 12.8 Å². The third-order valence-corrected chi connectivity index (χ3v) is 2.25. The number of nitrogen functional groups attached to an aromatic ring is 1. The summed E-state index contributed by atoms with van der Waals surface area (Å²) in [5.74, 6) is -0.357. The summed E-state index contributed by atoms with van der Waals surface area (Å²) in [6.07, 6.45) is 3.41. The molecule has 8 heteroatoms. The van der Waals surface area contributed by atoms with E-state index < -0.39 is 0 Å². The average Bonchev–Trinajstić information content (AvgIpc) is 2.99. The van der Waals surface area contributed by atoms with Gasteiger partial charge in [0.1, 0.15) is 12.9 Å². The number of nitrogens with one attached hydrogen (secondary N) is 2. The molecule has 92 valence electrons. The minimum absolute atomic E-state index is 0.000901. The molecular formula is C9H14N6O2. The van der Waals surface area contributed by atoms with Gasteiger partial charge in [-0.05, 0) is 12.8 Å². The highest BCUT2D eigenvalue weighted by Gasteiger charge is 2.23. The smallest absolute Gasteiger partial charge is 0.242 e. The molecule has 4 N–H and O–H groups in total. The van der Waals surface area contributed by atoms with Gasteiger partial charge in [-0.25, -0.2) is 9.67 Å². The van der Waals surface area contributed by atoms with Crippen LogP contribution in [0.3, 0.4) is 0 Å². The summed E-state index contributed by atoms with van der Waals surface area (Å²) in [4.78, 5) is 26.4. The van der Waals surface area contributed by atoms with Gasteiger partial charge in [0.25, 0.3) is 0 Å². The zero-order valence-corrected chi connectivity index (χ0v) is 9.22. The van der Waals surface area contributed by atoms with Crippen molar-refractivity contribution in [3.63, 3.8) is 0 Å². The van der Waals surface area contributed by atoms with E-state index in [0.29, 0.717) is 6.04 Å². The Labute approximate surface area is 97.6 Å². The maximum absolute atomic E-state index is 11.4. The van der Waals surface area contributed by atoms with Crippen molar-refractivity contribution >= 4 is 17.8 Å². The minimum Gasteiger partial charge on any atom is -0.367 e. The van der Waals surface area contributed by atoms with E-state index in [-0.39, 0.29) is 30.9 Å². The Morgan fingerprint density at radius 3 is 2.82 bits per heavy atom. The summed E-state index contributed by atoms with van der Waals surface area (Å²) >= 11 is 0. The first kappa shape index (κ1) is 11.4. The second-order valence-corrected chi connectivity index (χ2v) is 3.92. The second kappa shape index (κ2) is 4.81. The van der Waals surface area contributed by atoms with Gasteiger partial charge in [-0.1, -0.05) is 0 Å². The molecule has 1 aliphatic rings. The lowest BCUT2D eigenvalue weighted by Crippen LogP contribution is -2.39. The molecule has 1 saturated carbocycles. The number of rotatable bonds is 5. The lowest BCUT2D eigenvalue weighted by atomic mass is 10.5. The molecule has 0 aromatic carbocycles. The van der Waals surface area contributed by atoms with Gasteiger partial charge in [-0.3, -0.25) is 9.59 Å². The van der Waals surface area contributed by atoms with Crippen LogP contribution in [0.15, 0.2) is 6.33 Å². The number of hydrogen-bond donors (Lipinski definition) is 3. The van der Waals surface area contributed by atoms with Gasteiger partial charge in [-0.15, -0.1) is 5.10 Å². The summed E-state index contributed by atoms with van der Waals surface area (Å²) < 4.78 is 1.31. The number of carbonyl (C=O) groups is 2. The molecule has 0 bridgehead atoms. The summed E-state index contributed by atoms with van der Waals surface area (Å²) in [6, 6.07) is 0.300. The molecule has 0 aliphatic heterocycles. The van der Waals surface area contributed by atoms with Crippen molar-refractivity contribution in [3.8, 4) is 0 Å². The fourth-order valence-corrected chi connectivity index (χ4v) is 1.27. The first-order valence-corrected chi connectivity index (χ1v) is 5.34. The van der Waals surface area contributed by atoms with Crippen LogP contribution in [0.25, 0.3) is 0 Å². The largest absolute Gasteiger partial charge is 0.367 e. The number of nitrogens with zero attached hydrogens (tertiary/aromatic N) is 3. The zero-order valence-electron chi connectivity index (χ0n) is 9.22. The summed E-state index contributed by atoms with van der Waals surface area (Å²) in [5, 5.41) is 9.02. The van der Waals surface area contributed by atoms with Crippen molar-refractivity contribution in [3.05, 3.63) is 6.33 Å². The molecule has 0 radical (unpaired) electrons. The second-order valence-electron chi connectivity index (χ2n) is 3.92. The van der Waals surface area contributed by atoms with Crippen LogP contribution in [0.1, 0.15) is 12.8 Å². The predicted molar refractivity (Wildman–Crippen MR) is 58.6 cm³/mol. The van der Waals surface area contributed by atoms with Crippen LogP contribution < -0.4 is 16.4 Å². The van der Waals surface area contributed by atoms with Crippen molar-refractivity contribution in [2.75, 3.05) is 12.3 Å². The van der Waals surface area contributed by atoms with Gasteiger partial charge in [-0.2, -0.15) is 0 Å². The van der Waals surface area contributed by atoms with Crippen LogP contribution in [0.4, 0.5) is 5.95 Å². The SMILES string of the molecule is Nc1ncn(CC(=O)NCC(=O)NC2CC2)n1. The fourth-order valence-electron chi connectivity index (χ4n) is 1.27. The monoisotopic (exact) mass is 238 g/mol. The van der Waals surface area contributed by atoms with E-state index in [4.69, 9.17) is 5.73 Å². The van der Waals surface area contributed by atoms with Crippen molar-refractivity contribution in [1.82, 2.24) is 25.4 Å². The lowest BCUT2D eigenvalue weighted by Gasteiger charge is -2.05. The van der Waals surface area contributed by atoms with Crippen LogP contribution in [0.5, 0.6) is 0 Å². The normalized spacial score (nSPS) is 14.4. The van der Waals surface area contributed by atoms with Crippen molar-refractivity contribution in [2.45, 2.75) is 25.4 Å². The van der Waals surface area contributed by atoms with Gasteiger partial charge < -0.3 is 16.4 Å². The average molecular weight is 238 g/mol. The Bertz CT molecular complexity index is 425. The third kappa shape index (κ3) is 3.74. The number of aromatic nitrogens is 3. The van der Waals surface area contributed by atoms with Gasteiger partial charge >= 0.3 is 0 Å². The maximum Gasteiger partial charge on any atom is 0.242 e. The summed E-state index contributed by atoms with van der Waals surface area (Å²) in [5.41, 5.74) is 5.30. The summed E-state index contributed by atoms with van der Waals surface area (Å²) in [6.45, 7) is -0.0135. The molecule has 8 nitrogen and oxygen atoms in total. The van der Waals surface area contributed by atoms with E-state index >= 15 is 0 Å². The standard InChI is InChI=1S/C9H14N6O2/c10-9-12-5-15(14-9)4-8(17)11-3-7(16)13-6-1-2-6/h5-6H,1-4H2,(H2,10,14)(H,11,17)(H,13,16). The van der Waals surface area contributed by atoms with E-state index in [1.54, 1.807) is 0 Å². The molecule has 0 saturated heterocycles. The van der Waals surface area contributed by atoms with Crippen molar-refractivity contribution < 1.29 is 9.59 Å². The molecule has 0 spiro atoms. The molecule has 2 amide bonds. The minimum atomic E-state index is -0.305. The first-order chi connectivity index (χ1) is 8.13. The topological polar surface area (TPSA) is 115 Å². The van der Waals surface area contributed by atoms with Gasteiger partial charge in [0, 0.05) is 6.04 Å². The maximum atomic E-state index is 11.4. The Kier molecular flexibility index (Phi) is 3.22. The molecule has 1 fully saturated rings. The number of hydrogen-bond acceptors (Lipinski definition) is 5. The van der Waals surface area contributed by atoms with Gasteiger partial charge in [0.15, 0.2) is 0 Å². The van der Waals surface area contributed by atoms with Gasteiger partial charge in [0.2, 0.25) is 17.8 Å². The molecule has 1 aliphatic carbocycles. The quantitative estimate of drug-likeness (QED) is 0.563. The molecule has 17 heavy (non-hydrogen) atoms. The highest BCUT2D eigenvalue weighted by atomic mass is 16.2. The van der Waals surface area contributed by atoms with Crippen LogP contribution >= 0.6 is 0 Å². The third-order valence-electron chi connectivity index (χ3n) is 2.25. The van der Waals surface area contributed by atoms with Gasteiger partial charge in [0.05, 0.1) is 6.54 Å². The highest BCUT2D eigenvalue weighted by Crippen LogP contribution is 2.18. The Hall–Kier alpha value is -2.12. The number of anilines is 1. The molecule has 1 heterocycles. The Morgan fingerprint density at radius 2 is 2.24 bits per heavy atom. The van der Waals surface area contributed by atoms with Crippen molar-refractivity contribution in [2.24, 2.45) is 0 Å². The molecule has 1 aromatic heterocycles. The van der Waals surface area contributed by atoms with E-state index in [1.165, 1.54) is 11.0 Å². The number of amides is 2. The Balaban J connectivity index is 1.68.